The molecule has 2 aromatic heterocycles. The number of anilines is 1. The number of amides is 1. The first-order valence-electron chi connectivity index (χ1n) is 7.59. The summed E-state index contributed by atoms with van der Waals surface area (Å²) in [7, 11) is -2.15. The van der Waals surface area contributed by atoms with Crippen LogP contribution in [0.25, 0.3) is 0 Å². The van der Waals surface area contributed by atoms with Gasteiger partial charge in [0.2, 0.25) is 0 Å². The minimum absolute atomic E-state index is 0.228. The number of pyridine rings is 2. The van der Waals surface area contributed by atoms with Gasteiger partial charge in [-0.15, -0.1) is 0 Å². The molecule has 0 radical (unpaired) electrons. The summed E-state index contributed by atoms with van der Waals surface area (Å²) in [6.45, 7) is 0. The van der Waals surface area contributed by atoms with Gasteiger partial charge in [-0.2, -0.15) is 4.36 Å². The summed E-state index contributed by atoms with van der Waals surface area (Å²) in [5.41, 5.74) is 6.98. The maximum Gasteiger partial charge on any atom is 0.286 e. The molecule has 0 spiro atoms. The fraction of sp³-hybridized carbons (Fsp3) is 0. The Morgan fingerprint density at radius 1 is 1.00 bits per heavy atom. The molecule has 128 valence electrons. The van der Waals surface area contributed by atoms with Crippen molar-refractivity contribution in [3.05, 3.63) is 83.8 Å². The fourth-order valence-corrected chi connectivity index (χ4v) is 2.83. The summed E-state index contributed by atoms with van der Waals surface area (Å²) < 4.78 is 15.9. The Morgan fingerprint density at radius 3 is 2.50 bits per heavy atom. The number of hydrogen-bond donors (Lipinski definition) is 2. The van der Waals surface area contributed by atoms with Crippen LogP contribution in [0, 0.1) is 11.8 Å². The van der Waals surface area contributed by atoms with Crippen molar-refractivity contribution in [3.8, 4) is 11.8 Å². The van der Waals surface area contributed by atoms with Crippen molar-refractivity contribution in [2.75, 3.05) is 5.73 Å². The third kappa shape index (κ3) is 4.53. The molecule has 0 bridgehead atoms. The zero-order chi connectivity index (χ0) is 18.4. The molecule has 3 rings (SSSR count). The third-order valence-electron chi connectivity index (χ3n) is 3.28. The molecule has 7 heteroatoms. The van der Waals surface area contributed by atoms with Gasteiger partial charge in [-0.25, -0.2) is 9.19 Å². The molecule has 0 fully saturated rings. The molecule has 6 nitrogen and oxygen atoms in total. The average Bonchev–Trinajstić information content (AvgIpc) is 2.68. The highest BCUT2D eigenvalue weighted by Crippen LogP contribution is 2.07. The van der Waals surface area contributed by atoms with Crippen LogP contribution >= 0.6 is 0 Å². The van der Waals surface area contributed by atoms with Crippen LogP contribution < -0.4 is 5.73 Å². The van der Waals surface area contributed by atoms with Crippen LogP contribution in [0.2, 0.25) is 0 Å². The van der Waals surface area contributed by atoms with Gasteiger partial charge < -0.3 is 5.73 Å². The SMILES string of the molecule is Nc1ccc(C#Cc2cncc(C(=O)N=[SH](=O)c3ccccc3)c2)cn1. The van der Waals surface area contributed by atoms with Crippen LogP contribution in [0.1, 0.15) is 21.5 Å². The van der Waals surface area contributed by atoms with E-state index in [1.165, 1.54) is 12.4 Å². The van der Waals surface area contributed by atoms with Crippen LogP contribution in [0.15, 0.2) is 76.4 Å². The van der Waals surface area contributed by atoms with Crippen molar-refractivity contribution in [1.29, 1.82) is 0 Å². The van der Waals surface area contributed by atoms with E-state index < -0.39 is 16.5 Å². The molecule has 1 aromatic carbocycles. The Bertz CT molecular complexity index is 1080. The molecule has 0 saturated heterocycles. The van der Waals surface area contributed by atoms with Gasteiger partial charge >= 0.3 is 0 Å². The minimum Gasteiger partial charge on any atom is -0.384 e. The molecule has 0 saturated carbocycles. The van der Waals surface area contributed by atoms with E-state index in [9.17, 15) is 9.00 Å². The number of hydrogen-bond acceptors (Lipinski definition) is 5. The lowest BCUT2D eigenvalue weighted by atomic mass is 10.2. The monoisotopic (exact) mass is 362 g/mol. The van der Waals surface area contributed by atoms with Crippen molar-refractivity contribution >= 4 is 22.3 Å². The number of nitrogens with zero attached hydrogens (tertiary/aromatic N) is 3. The Hall–Kier alpha value is -3.50. The van der Waals surface area contributed by atoms with Gasteiger partial charge in [-0.1, -0.05) is 30.0 Å². The zero-order valence-corrected chi connectivity index (χ0v) is 14.4. The number of carbonyl (C=O) groups excluding carboxylic acids is 1. The van der Waals surface area contributed by atoms with Crippen molar-refractivity contribution in [2.45, 2.75) is 4.90 Å². The number of carbonyl (C=O) groups is 1. The second kappa shape index (κ2) is 8.05. The molecule has 0 aliphatic carbocycles. The number of nitrogens with two attached hydrogens (primary N) is 1. The molecule has 0 aliphatic rings. The Labute approximate surface area is 152 Å². The first-order chi connectivity index (χ1) is 12.6. The van der Waals surface area contributed by atoms with Gasteiger partial charge in [0.15, 0.2) is 0 Å². The van der Waals surface area contributed by atoms with Crippen LogP contribution in [-0.4, -0.2) is 20.1 Å². The van der Waals surface area contributed by atoms with Gasteiger partial charge in [0.25, 0.3) is 5.91 Å². The number of rotatable bonds is 2. The van der Waals surface area contributed by atoms with E-state index in [0.29, 0.717) is 21.8 Å². The standard InChI is InChI=1S/C19H14N4O2S/c20-18-9-8-14(12-22-18)6-7-15-10-16(13-21-11-15)19(24)23-26(25)17-4-2-1-3-5-17/h1-5,8-13,26H,(H2,20,22). The topological polar surface area (TPSA) is 98.3 Å². The quantitative estimate of drug-likeness (QED) is 0.538. The highest BCUT2D eigenvalue weighted by atomic mass is 32.2. The largest absolute Gasteiger partial charge is 0.384 e. The summed E-state index contributed by atoms with van der Waals surface area (Å²) >= 11 is 0. The van der Waals surface area contributed by atoms with Crippen molar-refractivity contribution in [2.24, 2.45) is 4.36 Å². The van der Waals surface area contributed by atoms with Crippen molar-refractivity contribution in [1.82, 2.24) is 9.97 Å². The van der Waals surface area contributed by atoms with E-state index in [2.05, 4.69) is 26.2 Å². The maximum atomic E-state index is 12.2. The highest BCUT2D eigenvalue weighted by Gasteiger charge is 2.06. The molecular weight excluding hydrogens is 348 g/mol. The molecule has 26 heavy (non-hydrogen) atoms. The van der Waals surface area contributed by atoms with E-state index >= 15 is 0 Å². The molecule has 1 amide bonds. The van der Waals surface area contributed by atoms with Gasteiger partial charge in [-0.3, -0.25) is 9.78 Å². The molecule has 1 unspecified atom stereocenters. The molecule has 0 aliphatic heterocycles. The van der Waals surface area contributed by atoms with Gasteiger partial charge in [-0.05, 0) is 30.3 Å². The first kappa shape index (κ1) is 17.3. The fourth-order valence-electron chi connectivity index (χ4n) is 2.00. The number of nitrogen functional groups attached to an aromatic ring is 1. The lowest BCUT2D eigenvalue weighted by Crippen LogP contribution is -1.97. The predicted molar refractivity (Wildman–Crippen MR) is 99.9 cm³/mol. The lowest BCUT2D eigenvalue weighted by Gasteiger charge is -1.97. The molecule has 3 aromatic rings. The van der Waals surface area contributed by atoms with E-state index in [4.69, 9.17) is 5.73 Å². The van der Waals surface area contributed by atoms with Crippen LogP contribution in [0.3, 0.4) is 0 Å². The normalized spacial score (nSPS) is 11.4. The third-order valence-corrected chi connectivity index (χ3v) is 4.38. The molecular formula is C19H14N4O2S. The highest BCUT2D eigenvalue weighted by molar-refractivity contribution is 7.75. The van der Waals surface area contributed by atoms with Gasteiger partial charge in [0.1, 0.15) is 5.82 Å². The van der Waals surface area contributed by atoms with Crippen LogP contribution in [-0.2, 0) is 10.6 Å². The Kier molecular flexibility index (Phi) is 5.37. The summed E-state index contributed by atoms with van der Waals surface area (Å²) in [4.78, 5) is 20.7. The Balaban J connectivity index is 1.82. The Morgan fingerprint density at radius 2 is 1.77 bits per heavy atom. The summed E-state index contributed by atoms with van der Waals surface area (Å²) in [5.74, 6) is 5.63. The van der Waals surface area contributed by atoms with Gasteiger partial charge in [0, 0.05) is 34.6 Å². The minimum atomic E-state index is -2.15. The van der Waals surface area contributed by atoms with E-state index in [1.807, 2.05) is 0 Å². The second-order valence-corrected chi connectivity index (χ2v) is 6.46. The van der Waals surface area contributed by atoms with Gasteiger partial charge in [0.05, 0.1) is 16.2 Å². The molecule has 2 N–H and O–H groups in total. The van der Waals surface area contributed by atoms with E-state index in [-0.39, 0.29) is 5.56 Å². The number of thiol groups is 1. The maximum absolute atomic E-state index is 12.2. The van der Waals surface area contributed by atoms with E-state index in [0.717, 1.165) is 0 Å². The smallest absolute Gasteiger partial charge is 0.286 e. The first-order valence-corrected chi connectivity index (χ1v) is 8.80. The molecule has 1 atom stereocenters. The van der Waals surface area contributed by atoms with Crippen LogP contribution in [0.5, 0.6) is 0 Å². The van der Waals surface area contributed by atoms with Crippen molar-refractivity contribution < 1.29 is 9.00 Å². The number of benzene rings is 1. The summed E-state index contributed by atoms with van der Waals surface area (Å²) in [6.07, 6.45) is 4.46. The van der Waals surface area contributed by atoms with Crippen molar-refractivity contribution in [3.63, 3.8) is 0 Å². The van der Waals surface area contributed by atoms with Crippen LogP contribution in [0.4, 0.5) is 5.82 Å². The lowest BCUT2D eigenvalue weighted by molar-refractivity contribution is 0.100. The summed E-state index contributed by atoms with van der Waals surface area (Å²) in [6, 6.07) is 13.6. The zero-order valence-electron chi connectivity index (χ0n) is 13.5. The van der Waals surface area contributed by atoms with E-state index in [1.54, 1.807) is 54.7 Å². The number of aromatic nitrogens is 2. The molecule has 2 heterocycles. The average molecular weight is 362 g/mol. The second-order valence-electron chi connectivity index (χ2n) is 5.20. The predicted octanol–water partition coefficient (Wildman–Crippen LogP) is 2.32. The summed E-state index contributed by atoms with van der Waals surface area (Å²) in [5, 5.41) is 0.